The number of sulfonamides is 1. The fourth-order valence-electron chi connectivity index (χ4n) is 7.62. The Balaban J connectivity index is 1.08. The number of hydrogen-bond donors (Lipinski definition) is 3. The molecule has 5 aliphatic rings. The number of benzene rings is 2. The van der Waals surface area contributed by atoms with Crippen LogP contribution in [0.25, 0.3) is 11.1 Å². The van der Waals surface area contributed by atoms with E-state index in [0.717, 1.165) is 65.7 Å². The predicted molar refractivity (Wildman–Crippen MR) is 203 cm³/mol. The van der Waals surface area contributed by atoms with Crippen molar-refractivity contribution in [1.82, 2.24) is 25.4 Å². The number of oxime groups is 1. The highest BCUT2D eigenvalue weighted by Gasteiger charge is 2.61. The Labute approximate surface area is 322 Å². The number of nitrogens with one attached hydrogen (secondary N) is 3. The molecular formula is C39H42N6O8S2. The molecule has 14 nitrogen and oxygen atoms in total. The van der Waals surface area contributed by atoms with Gasteiger partial charge in [0.15, 0.2) is 0 Å². The highest BCUT2D eigenvalue weighted by molar-refractivity contribution is 7.92. The van der Waals surface area contributed by atoms with E-state index >= 15 is 0 Å². The van der Waals surface area contributed by atoms with E-state index in [1.54, 1.807) is 11.4 Å². The molecule has 2 aliphatic heterocycles. The van der Waals surface area contributed by atoms with Crippen molar-refractivity contribution in [3.05, 3.63) is 89.3 Å². The van der Waals surface area contributed by atoms with Gasteiger partial charge in [-0.25, -0.2) is 33.2 Å². The minimum absolute atomic E-state index is 0.0176. The Morgan fingerprint density at radius 1 is 0.909 bits per heavy atom. The smallest absolute Gasteiger partial charge is 0.426 e. The van der Waals surface area contributed by atoms with Gasteiger partial charge in [-0.2, -0.15) is 0 Å². The van der Waals surface area contributed by atoms with Crippen molar-refractivity contribution in [1.29, 1.82) is 0 Å². The van der Waals surface area contributed by atoms with Gasteiger partial charge in [-0.1, -0.05) is 78.3 Å². The summed E-state index contributed by atoms with van der Waals surface area (Å²) in [5.74, 6) is -1.98. The van der Waals surface area contributed by atoms with Crippen LogP contribution in [-0.4, -0.2) is 84.9 Å². The molecule has 2 saturated carbocycles. The second-order valence-electron chi connectivity index (χ2n) is 14.6. The van der Waals surface area contributed by atoms with Crippen LogP contribution in [0.1, 0.15) is 68.9 Å². The number of rotatable bonds is 7. The normalized spacial score (nSPS) is 25.7. The monoisotopic (exact) mass is 786 g/mol. The number of carbonyl (C=O) groups is 4. The third-order valence-corrected chi connectivity index (χ3v) is 13.6. The van der Waals surface area contributed by atoms with E-state index in [1.165, 1.54) is 16.0 Å². The van der Waals surface area contributed by atoms with Crippen molar-refractivity contribution < 1.29 is 37.2 Å². The molecule has 3 fully saturated rings. The third kappa shape index (κ3) is 7.44. The molecule has 0 spiro atoms. The Morgan fingerprint density at radius 2 is 1.64 bits per heavy atom. The molecule has 3 aromatic rings. The number of urea groups is 1. The average molecular weight is 787 g/mol. The van der Waals surface area contributed by atoms with Crippen LogP contribution >= 0.6 is 11.3 Å². The van der Waals surface area contributed by atoms with E-state index in [4.69, 9.17) is 9.57 Å². The van der Waals surface area contributed by atoms with Crippen LogP contribution in [0.4, 0.5) is 9.59 Å². The van der Waals surface area contributed by atoms with Gasteiger partial charge in [0.05, 0.1) is 6.54 Å². The molecule has 0 bridgehead atoms. The van der Waals surface area contributed by atoms with Crippen LogP contribution in [0.2, 0.25) is 0 Å². The first-order valence-electron chi connectivity index (χ1n) is 18.7. The first kappa shape index (κ1) is 36.7. The van der Waals surface area contributed by atoms with Crippen LogP contribution in [0.3, 0.4) is 0 Å². The van der Waals surface area contributed by atoms with Crippen molar-refractivity contribution in [2.45, 2.75) is 85.8 Å². The van der Waals surface area contributed by atoms with Gasteiger partial charge in [-0.05, 0) is 67.5 Å². The summed E-state index contributed by atoms with van der Waals surface area (Å²) in [6.45, 7) is 0.117. The quantitative estimate of drug-likeness (QED) is 0.172. The lowest BCUT2D eigenvalue weighted by atomic mass is 9.96. The minimum atomic E-state index is -4.19. The molecule has 2 aromatic carbocycles. The molecular weight excluding hydrogens is 745 g/mol. The first-order valence-corrected chi connectivity index (χ1v) is 21.1. The molecule has 1 aromatic heterocycles. The zero-order valence-electron chi connectivity index (χ0n) is 30.0. The maximum Gasteiger partial charge on any atom is 0.426 e. The first-order chi connectivity index (χ1) is 26.6. The van der Waals surface area contributed by atoms with Crippen LogP contribution in [0, 0.1) is 5.92 Å². The van der Waals surface area contributed by atoms with Crippen molar-refractivity contribution in [3.63, 3.8) is 0 Å². The molecule has 3 heterocycles. The fourth-order valence-corrected chi connectivity index (χ4v) is 9.65. The van der Waals surface area contributed by atoms with Crippen LogP contribution in [-0.2, 0) is 29.2 Å². The molecule has 1 saturated heterocycles. The van der Waals surface area contributed by atoms with Crippen molar-refractivity contribution in [3.8, 4) is 11.1 Å². The second kappa shape index (κ2) is 15.1. The molecule has 0 radical (unpaired) electrons. The Morgan fingerprint density at radius 3 is 2.31 bits per heavy atom. The fraction of sp³-hybridized carbons (Fsp3) is 0.410. The summed E-state index contributed by atoms with van der Waals surface area (Å²) in [6, 6.07) is 16.9. The van der Waals surface area contributed by atoms with Crippen molar-refractivity contribution >= 4 is 51.0 Å². The topological polar surface area (TPSA) is 176 Å². The summed E-state index contributed by atoms with van der Waals surface area (Å²) < 4.78 is 33.9. The molecule has 5 amide bonds. The summed E-state index contributed by atoms with van der Waals surface area (Å²) in [7, 11) is -4.19. The number of thiophene rings is 1. The van der Waals surface area contributed by atoms with Gasteiger partial charge in [0.2, 0.25) is 5.91 Å². The van der Waals surface area contributed by atoms with E-state index in [2.05, 4.69) is 20.6 Å². The van der Waals surface area contributed by atoms with E-state index < -0.39 is 57.6 Å². The van der Waals surface area contributed by atoms with Gasteiger partial charge in [0.1, 0.15) is 33.7 Å². The lowest BCUT2D eigenvalue weighted by Crippen LogP contribution is -2.59. The zero-order chi connectivity index (χ0) is 38.2. The third-order valence-electron chi connectivity index (χ3n) is 10.9. The number of amides is 5. The van der Waals surface area contributed by atoms with Gasteiger partial charge in [-0.3, -0.25) is 9.59 Å². The lowest BCUT2D eigenvalue weighted by Gasteiger charge is -2.32. The lowest BCUT2D eigenvalue weighted by molar-refractivity contribution is -0.131. The molecule has 288 valence electrons. The summed E-state index contributed by atoms with van der Waals surface area (Å²) in [5, 5.41) is 10.2. The average Bonchev–Trinajstić information content (AvgIpc) is 3.55. The number of allylic oxidation sites excluding steroid dienone is 1. The second-order valence-corrected chi connectivity index (χ2v) is 17.4. The number of hydrogen-bond acceptors (Lipinski definition) is 10. The largest absolute Gasteiger partial charge is 0.445 e. The summed E-state index contributed by atoms with van der Waals surface area (Å²) in [5.41, 5.74) is 5.50. The number of nitrogens with zero attached hydrogens (tertiary/aromatic N) is 3. The van der Waals surface area contributed by atoms with Crippen LogP contribution in [0.15, 0.2) is 87.6 Å². The van der Waals surface area contributed by atoms with Crippen molar-refractivity contribution in [2.75, 3.05) is 13.1 Å². The van der Waals surface area contributed by atoms with Crippen LogP contribution < -0.4 is 15.5 Å². The van der Waals surface area contributed by atoms with E-state index in [0.29, 0.717) is 18.6 Å². The molecule has 55 heavy (non-hydrogen) atoms. The van der Waals surface area contributed by atoms with Gasteiger partial charge in [0.25, 0.3) is 15.9 Å². The van der Waals surface area contributed by atoms with E-state index in [9.17, 15) is 27.6 Å². The van der Waals surface area contributed by atoms with Gasteiger partial charge >= 0.3 is 12.1 Å². The molecule has 4 atom stereocenters. The molecule has 3 aliphatic carbocycles. The van der Waals surface area contributed by atoms with Crippen molar-refractivity contribution in [2.24, 2.45) is 11.1 Å². The van der Waals surface area contributed by atoms with E-state index in [-0.39, 0.29) is 36.2 Å². The highest BCUT2D eigenvalue weighted by atomic mass is 32.2. The molecule has 0 unspecified atom stereocenters. The molecule has 8 rings (SSSR count). The Kier molecular flexibility index (Phi) is 10.1. The number of fused-ring (bicyclic) bond motifs is 5. The van der Waals surface area contributed by atoms with Gasteiger partial charge in [-0.15, -0.1) is 11.3 Å². The zero-order valence-corrected chi connectivity index (χ0v) is 31.7. The number of hydrazine groups is 1. The molecule has 16 heteroatoms. The highest BCUT2D eigenvalue weighted by Crippen LogP contribution is 2.46. The number of carbonyl (C=O) groups excluding carboxylic acids is 4. The van der Waals surface area contributed by atoms with Gasteiger partial charge in [0, 0.05) is 30.0 Å². The summed E-state index contributed by atoms with van der Waals surface area (Å²) in [6.07, 6.45) is 7.48. The van der Waals surface area contributed by atoms with Crippen LogP contribution in [0.5, 0.6) is 0 Å². The Hall–Kier alpha value is -5.22. The predicted octanol–water partition coefficient (Wildman–Crippen LogP) is 5.07. The summed E-state index contributed by atoms with van der Waals surface area (Å²) >= 11 is 0.971. The maximum absolute atomic E-state index is 14.4. The van der Waals surface area contributed by atoms with E-state index in [1.807, 2.05) is 60.7 Å². The summed E-state index contributed by atoms with van der Waals surface area (Å²) in [4.78, 5) is 63.1. The maximum atomic E-state index is 14.4. The van der Waals surface area contributed by atoms with Gasteiger partial charge < -0.3 is 19.8 Å². The number of ether oxygens (including phenoxy) is 1. The Bertz CT molecular complexity index is 2110. The standard InChI is InChI=1S/C39H42N6O8S2/c46-35-32-22-27(53-42-34-30-17-7-5-15-28(30)29-16-6-8-18-31(29)34)24-44(32)38(49)45(41-37(48)52-26-13-10-14-26)20-9-3-1-2-4-12-25-23-39(25,40-35)36(47)43-55(50,51)33-19-11-21-54-33/h4-8,11-12,15-19,21,25-27,32H,1-3,9-10,13-14,20,22-24H2,(H,40,46)(H,41,48)(H,43,47)/b12-4-/t25-,27-,32+,39+/m1/s1. The minimum Gasteiger partial charge on any atom is -0.445 e. The molecule has 3 N–H and O–H groups in total. The SMILES string of the molecule is O=C(NN1CCCCC/C=C\[C@@H]2C[C@]2(C(=O)NS(=O)(=O)c2cccs2)NC(=O)[C@@H]2C[C@@H](ON=C3c4ccccc4-c4ccccc43)CN2C1=O)OC1CCC1.